The van der Waals surface area contributed by atoms with Crippen LogP contribution in [0.5, 0.6) is 11.5 Å². The van der Waals surface area contributed by atoms with Gasteiger partial charge in [-0.25, -0.2) is 29.4 Å². The van der Waals surface area contributed by atoms with Gasteiger partial charge in [-0.2, -0.15) is 5.10 Å². The third kappa shape index (κ3) is 3.69. The van der Waals surface area contributed by atoms with Gasteiger partial charge in [0.15, 0.2) is 11.5 Å². The molecule has 2 bridgehead atoms. The third-order valence-corrected chi connectivity index (χ3v) is 8.29. The molecule has 0 saturated carbocycles. The summed E-state index contributed by atoms with van der Waals surface area (Å²) in [7, 11) is 6.83. The van der Waals surface area contributed by atoms with Gasteiger partial charge in [0, 0.05) is 37.0 Å². The number of pyridine rings is 1. The summed E-state index contributed by atoms with van der Waals surface area (Å²) in [6.07, 6.45) is 8.91. The third-order valence-electron chi connectivity index (χ3n) is 7.99. The van der Waals surface area contributed by atoms with Gasteiger partial charge in [-0.15, -0.1) is 0 Å². The first-order valence-electron chi connectivity index (χ1n) is 12.7. The number of ether oxygens (including phenoxy) is 2. The Bertz CT molecular complexity index is 1750. The Hall–Kier alpha value is -4.03. The lowest BCUT2D eigenvalue weighted by Crippen LogP contribution is -2.33. The van der Waals surface area contributed by atoms with E-state index in [9.17, 15) is 0 Å². The van der Waals surface area contributed by atoms with Gasteiger partial charge in [-0.1, -0.05) is 11.6 Å². The number of nitrogens with zero attached hydrogens (tertiary/aromatic N) is 8. The molecular formula is C26H21BClN9O2. The van der Waals surface area contributed by atoms with E-state index in [1.54, 1.807) is 41.2 Å². The van der Waals surface area contributed by atoms with Crippen molar-refractivity contribution >= 4 is 53.6 Å². The molecule has 3 aliphatic rings. The van der Waals surface area contributed by atoms with Crippen LogP contribution < -0.4 is 15.0 Å². The van der Waals surface area contributed by atoms with E-state index >= 15 is 0 Å². The van der Waals surface area contributed by atoms with Crippen LogP contribution in [0, 0.1) is 5.92 Å². The van der Waals surface area contributed by atoms with Crippen LogP contribution in [-0.4, -0.2) is 67.7 Å². The summed E-state index contributed by atoms with van der Waals surface area (Å²) in [6, 6.07) is 9.02. The number of halogens is 1. The Morgan fingerprint density at radius 1 is 1.10 bits per heavy atom. The van der Waals surface area contributed by atoms with E-state index in [1.807, 2.05) is 6.07 Å². The quantitative estimate of drug-likeness (QED) is 0.330. The smallest absolute Gasteiger partial charge is 0.226 e. The van der Waals surface area contributed by atoms with Gasteiger partial charge >= 0.3 is 0 Å². The maximum absolute atomic E-state index is 6.83. The summed E-state index contributed by atoms with van der Waals surface area (Å²) in [4.78, 5) is 24.6. The van der Waals surface area contributed by atoms with E-state index < -0.39 is 0 Å². The summed E-state index contributed by atoms with van der Waals surface area (Å²) < 4.78 is 13.7. The highest BCUT2D eigenvalue weighted by atomic mass is 35.5. The lowest BCUT2D eigenvalue weighted by molar-refractivity contribution is 0.0863. The molecule has 39 heavy (non-hydrogen) atoms. The lowest BCUT2D eigenvalue weighted by atomic mass is 9.56. The van der Waals surface area contributed by atoms with Gasteiger partial charge < -0.3 is 19.7 Å². The van der Waals surface area contributed by atoms with E-state index in [1.165, 1.54) is 12.7 Å². The molecule has 8 rings (SSSR count). The Morgan fingerprint density at radius 2 is 2.05 bits per heavy atom. The zero-order chi connectivity index (χ0) is 26.1. The fourth-order valence-electron chi connectivity index (χ4n) is 6.10. The molecule has 5 aromatic rings. The van der Waals surface area contributed by atoms with Crippen LogP contribution in [0.3, 0.4) is 0 Å². The molecule has 4 aromatic heterocycles. The second kappa shape index (κ2) is 8.49. The molecule has 11 nitrogen and oxygen atoms in total. The molecule has 3 fully saturated rings. The predicted octanol–water partition coefficient (Wildman–Crippen LogP) is 3.98. The van der Waals surface area contributed by atoms with Crippen LogP contribution in [0.25, 0.3) is 16.7 Å². The zero-order valence-electron chi connectivity index (χ0n) is 20.6. The van der Waals surface area contributed by atoms with Crippen molar-refractivity contribution in [2.24, 2.45) is 5.92 Å². The fraction of sp³-hybridized carbons (Fsp3) is 0.308. The molecule has 3 aliphatic heterocycles. The predicted molar refractivity (Wildman–Crippen MR) is 145 cm³/mol. The van der Waals surface area contributed by atoms with E-state index in [4.69, 9.17) is 33.9 Å². The number of hydrogen-bond donors (Lipinski definition) is 1. The van der Waals surface area contributed by atoms with Gasteiger partial charge in [0.25, 0.3) is 0 Å². The highest BCUT2D eigenvalue weighted by Crippen LogP contribution is 2.59. The summed E-state index contributed by atoms with van der Waals surface area (Å²) in [5, 5.41) is 7.50. The van der Waals surface area contributed by atoms with Crippen molar-refractivity contribution in [1.82, 2.24) is 34.5 Å². The number of hydrogen-bond acceptors (Lipinski definition) is 10. The molecule has 1 aromatic carbocycles. The minimum atomic E-state index is -0.350. The molecule has 0 aliphatic carbocycles. The number of nitrogens with one attached hydrogen (secondary N) is 1. The van der Waals surface area contributed by atoms with Crippen LogP contribution in [0.4, 0.5) is 17.5 Å². The topological polar surface area (TPSA) is 115 Å². The number of aromatic nitrogens is 7. The molecule has 192 valence electrons. The van der Waals surface area contributed by atoms with Gasteiger partial charge in [0.2, 0.25) is 5.95 Å². The monoisotopic (exact) mass is 537 g/mol. The molecule has 7 heterocycles. The van der Waals surface area contributed by atoms with E-state index in [0.29, 0.717) is 57.4 Å². The van der Waals surface area contributed by atoms with Crippen LogP contribution in [-0.2, 0) is 4.74 Å². The maximum Gasteiger partial charge on any atom is 0.226 e. The highest BCUT2D eigenvalue weighted by molar-refractivity contribution is 6.32. The summed E-state index contributed by atoms with van der Waals surface area (Å²) in [5.41, 5.74) is 2.66. The molecular weight excluding hydrogens is 517 g/mol. The van der Waals surface area contributed by atoms with Gasteiger partial charge in [0.05, 0.1) is 31.3 Å². The average molecular weight is 538 g/mol. The Balaban J connectivity index is 1.05. The number of rotatable bonds is 5. The van der Waals surface area contributed by atoms with Crippen molar-refractivity contribution < 1.29 is 9.47 Å². The Morgan fingerprint density at radius 3 is 2.95 bits per heavy atom. The normalized spacial score (nSPS) is 25.5. The molecule has 4 atom stereocenters. The molecule has 1 N–H and O–H groups in total. The first kappa shape index (κ1) is 22.9. The Labute approximate surface area is 229 Å². The Kier molecular flexibility index (Phi) is 4.99. The van der Waals surface area contributed by atoms with Gasteiger partial charge in [0.1, 0.15) is 35.2 Å². The van der Waals surface area contributed by atoms with Crippen LogP contribution in [0.2, 0.25) is 10.3 Å². The molecule has 0 amide bonds. The first-order chi connectivity index (χ1) is 19.0. The molecule has 0 spiro atoms. The maximum atomic E-state index is 6.83. The van der Waals surface area contributed by atoms with Crippen molar-refractivity contribution in [1.29, 1.82) is 0 Å². The van der Waals surface area contributed by atoms with Gasteiger partial charge in [-0.05, 0) is 42.4 Å². The minimum absolute atomic E-state index is 0.112. The standard InChI is InChI=1S/C26H21BClN9O2/c27-26-11-36(10-16(26)19-3-4-21(26)39-19)25-29-9-18-23(35-25)24(32-12-30-18)34-14-1-2-20(17(28)7-14)38-15-5-6-37-22(8-15)31-13-33-37/h1-2,5-9,12-13,16,19,21H,3-4,10-11H2,(H,30,32,34). The summed E-state index contributed by atoms with van der Waals surface area (Å²) in [5.74, 6) is 2.58. The van der Waals surface area contributed by atoms with Crippen molar-refractivity contribution in [3.63, 3.8) is 0 Å². The molecule has 3 saturated heterocycles. The molecule has 2 radical (unpaired) electrons. The van der Waals surface area contributed by atoms with E-state index in [-0.39, 0.29) is 17.5 Å². The van der Waals surface area contributed by atoms with Crippen molar-refractivity contribution in [3.05, 3.63) is 60.4 Å². The van der Waals surface area contributed by atoms with E-state index in [0.717, 1.165) is 25.1 Å². The number of anilines is 3. The van der Waals surface area contributed by atoms with E-state index in [2.05, 4.69) is 35.3 Å². The van der Waals surface area contributed by atoms with Crippen molar-refractivity contribution in [3.8, 4) is 11.5 Å². The van der Waals surface area contributed by atoms with Crippen molar-refractivity contribution in [2.45, 2.75) is 30.4 Å². The second-order valence-electron chi connectivity index (χ2n) is 10.3. The van der Waals surface area contributed by atoms with Gasteiger partial charge in [-0.3, -0.25) is 0 Å². The van der Waals surface area contributed by atoms with Crippen LogP contribution in [0.1, 0.15) is 12.8 Å². The zero-order valence-corrected chi connectivity index (χ0v) is 21.4. The number of fused-ring (bicyclic) bond motifs is 7. The molecule has 13 heteroatoms. The summed E-state index contributed by atoms with van der Waals surface area (Å²) in [6.45, 7) is 1.45. The first-order valence-corrected chi connectivity index (χ1v) is 13.1. The van der Waals surface area contributed by atoms with Crippen LogP contribution >= 0.6 is 11.6 Å². The second-order valence-corrected chi connectivity index (χ2v) is 10.7. The highest BCUT2D eigenvalue weighted by Gasteiger charge is 2.60. The average Bonchev–Trinajstić information content (AvgIpc) is 3.72. The number of benzene rings is 1. The SMILES string of the molecule is [B]C12CN(c3ncc4ncnc(Nc5ccc(Oc6ccn7ncnc7c6)c(Cl)c5)c4n3)CC1C1CCC2O1. The largest absolute Gasteiger partial charge is 0.456 e. The lowest BCUT2D eigenvalue weighted by Gasteiger charge is -2.31. The summed E-state index contributed by atoms with van der Waals surface area (Å²) >= 11 is 6.58. The minimum Gasteiger partial charge on any atom is -0.456 e. The van der Waals surface area contributed by atoms with Crippen molar-refractivity contribution in [2.75, 3.05) is 23.3 Å². The molecule has 4 unspecified atom stereocenters. The van der Waals surface area contributed by atoms with Crippen LogP contribution in [0.15, 0.2) is 55.4 Å². The fourth-order valence-corrected chi connectivity index (χ4v) is 6.32.